The van der Waals surface area contributed by atoms with E-state index in [9.17, 15) is 4.79 Å². The Hall–Kier alpha value is -1.00. The Morgan fingerprint density at radius 1 is 1.30 bits per heavy atom. The van der Waals surface area contributed by atoms with Crippen molar-refractivity contribution in [3.8, 4) is 0 Å². The maximum Gasteiger partial charge on any atom is 0.308 e. The van der Waals surface area contributed by atoms with Crippen LogP contribution in [0, 0.1) is 18.8 Å². The highest BCUT2D eigenvalue weighted by Crippen LogP contribution is 2.36. The minimum absolute atomic E-state index is 0.0331. The molecule has 3 nitrogen and oxygen atoms in total. The molecule has 0 saturated heterocycles. The summed E-state index contributed by atoms with van der Waals surface area (Å²) >= 11 is 1.41. The van der Waals surface area contributed by atoms with E-state index in [0.717, 1.165) is 24.2 Å². The lowest BCUT2D eigenvalue weighted by Crippen LogP contribution is -2.34. The predicted octanol–water partition coefficient (Wildman–Crippen LogP) is 4.00. The summed E-state index contributed by atoms with van der Waals surface area (Å²) in [6.07, 6.45) is 2.69. The molecule has 0 amide bonds. The van der Waals surface area contributed by atoms with Crippen molar-refractivity contribution < 1.29 is 13.7 Å². The number of hydrogen-bond donors (Lipinski definition) is 0. The molecule has 1 fully saturated rings. The van der Waals surface area contributed by atoms with Crippen molar-refractivity contribution >= 4 is 18.0 Å². The zero-order chi connectivity index (χ0) is 14.4. The monoisotopic (exact) mass is 294 g/mol. The molecule has 0 heterocycles. The minimum Gasteiger partial charge on any atom is -0.465 e. The summed E-state index contributed by atoms with van der Waals surface area (Å²) in [7, 11) is 0. The highest BCUT2D eigenvalue weighted by molar-refractivity contribution is 7.94. The van der Waals surface area contributed by atoms with E-state index in [1.807, 2.05) is 6.92 Å². The number of benzene rings is 1. The normalized spacial score (nSPS) is 21.3. The van der Waals surface area contributed by atoms with Gasteiger partial charge in [0, 0.05) is 16.9 Å². The second-order valence-corrected chi connectivity index (χ2v) is 6.26. The van der Waals surface area contributed by atoms with E-state index < -0.39 is 0 Å². The molecule has 0 atom stereocenters. The molecule has 2 rings (SSSR count). The van der Waals surface area contributed by atoms with Gasteiger partial charge in [-0.2, -0.15) is 0 Å². The van der Waals surface area contributed by atoms with Crippen molar-refractivity contribution in [2.45, 2.75) is 38.0 Å². The van der Waals surface area contributed by atoms with Crippen molar-refractivity contribution in [2.24, 2.45) is 11.8 Å². The molecule has 1 saturated carbocycles. The average molecular weight is 294 g/mol. The van der Waals surface area contributed by atoms with E-state index in [1.54, 1.807) is 0 Å². The molecule has 0 radical (unpaired) electrons. The van der Waals surface area contributed by atoms with Crippen LogP contribution in [0.3, 0.4) is 0 Å². The highest BCUT2D eigenvalue weighted by atomic mass is 32.2. The standard InChI is InChI=1S/C16H22O3S/c1-3-8-18-16(17)14-9-13(10-14)11-19-20-15-6-4-12(2)5-7-15/h4-7,13-14H,3,8-11H2,1-2H3. The average Bonchev–Trinajstić information content (AvgIpc) is 2.40. The van der Waals surface area contributed by atoms with Gasteiger partial charge in [0.25, 0.3) is 0 Å². The van der Waals surface area contributed by atoms with Crippen LogP contribution < -0.4 is 0 Å². The quantitative estimate of drug-likeness (QED) is 0.562. The highest BCUT2D eigenvalue weighted by Gasteiger charge is 2.35. The van der Waals surface area contributed by atoms with Crippen LogP contribution >= 0.6 is 12.0 Å². The van der Waals surface area contributed by atoms with Gasteiger partial charge in [0.2, 0.25) is 0 Å². The lowest BCUT2D eigenvalue weighted by atomic mass is 9.75. The maximum absolute atomic E-state index is 11.6. The molecule has 0 aliphatic heterocycles. The van der Waals surface area contributed by atoms with Gasteiger partial charge in [-0.3, -0.25) is 4.79 Å². The van der Waals surface area contributed by atoms with E-state index >= 15 is 0 Å². The third-order valence-corrected chi connectivity index (χ3v) is 4.22. The van der Waals surface area contributed by atoms with Crippen LogP contribution in [0.25, 0.3) is 0 Å². The Labute approximate surface area is 125 Å². The molecule has 4 heteroatoms. The number of hydrogen-bond acceptors (Lipinski definition) is 4. The van der Waals surface area contributed by atoms with Gasteiger partial charge in [0.1, 0.15) is 0 Å². The second-order valence-electron chi connectivity index (χ2n) is 5.38. The molecular formula is C16H22O3S. The summed E-state index contributed by atoms with van der Waals surface area (Å²) in [4.78, 5) is 12.7. The van der Waals surface area contributed by atoms with Crippen LogP contribution in [-0.2, 0) is 13.7 Å². The summed E-state index contributed by atoms with van der Waals surface area (Å²) in [5, 5.41) is 0. The van der Waals surface area contributed by atoms with Crippen molar-refractivity contribution in [3.05, 3.63) is 29.8 Å². The smallest absolute Gasteiger partial charge is 0.308 e. The van der Waals surface area contributed by atoms with E-state index in [1.165, 1.54) is 17.6 Å². The third-order valence-electron chi connectivity index (χ3n) is 3.50. The molecule has 20 heavy (non-hydrogen) atoms. The number of esters is 1. The zero-order valence-corrected chi connectivity index (χ0v) is 12.9. The predicted molar refractivity (Wildman–Crippen MR) is 80.5 cm³/mol. The van der Waals surface area contributed by atoms with E-state index in [2.05, 4.69) is 31.2 Å². The Bertz CT molecular complexity index is 424. The summed E-state index contributed by atoms with van der Waals surface area (Å²) in [6.45, 7) is 5.32. The van der Waals surface area contributed by atoms with Gasteiger partial charge in [-0.05, 0) is 44.2 Å². The number of aryl methyl sites for hydroxylation is 1. The van der Waals surface area contributed by atoms with Crippen molar-refractivity contribution in [2.75, 3.05) is 13.2 Å². The molecule has 110 valence electrons. The van der Waals surface area contributed by atoms with Gasteiger partial charge >= 0.3 is 5.97 Å². The summed E-state index contributed by atoms with van der Waals surface area (Å²) in [5.74, 6) is 0.556. The van der Waals surface area contributed by atoms with E-state index in [-0.39, 0.29) is 11.9 Å². The fourth-order valence-corrected chi connectivity index (χ4v) is 2.82. The Morgan fingerprint density at radius 2 is 2.00 bits per heavy atom. The van der Waals surface area contributed by atoms with Crippen LogP contribution in [0.15, 0.2) is 29.2 Å². The molecule has 0 aromatic heterocycles. The van der Waals surface area contributed by atoms with Crippen LogP contribution in [0.2, 0.25) is 0 Å². The van der Waals surface area contributed by atoms with Crippen LogP contribution in [-0.4, -0.2) is 19.2 Å². The zero-order valence-electron chi connectivity index (χ0n) is 12.1. The molecule has 1 aromatic carbocycles. The molecule has 0 unspecified atom stereocenters. The first-order valence-electron chi connectivity index (χ1n) is 7.21. The van der Waals surface area contributed by atoms with Crippen LogP contribution in [0.5, 0.6) is 0 Å². The van der Waals surface area contributed by atoms with Gasteiger partial charge in [-0.1, -0.05) is 24.6 Å². The number of carbonyl (C=O) groups excluding carboxylic acids is 1. The number of rotatable bonds is 7. The van der Waals surface area contributed by atoms with Crippen LogP contribution in [0.1, 0.15) is 31.7 Å². The first-order chi connectivity index (χ1) is 9.69. The number of ether oxygens (including phenoxy) is 1. The fraction of sp³-hybridized carbons (Fsp3) is 0.562. The molecule has 1 aliphatic rings. The fourth-order valence-electron chi connectivity index (χ4n) is 2.18. The summed E-state index contributed by atoms with van der Waals surface area (Å²) in [6, 6.07) is 8.28. The van der Waals surface area contributed by atoms with Crippen molar-refractivity contribution in [3.63, 3.8) is 0 Å². The summed E-state index contributed by atoms with van der Waals surface area (Å²) in [5.41, 5.74) is 1.25. The lowest BCUT2D eigenvalue weighted by molar-refractivity contribution is -0.153. The van der Waals surface area contributed by atoms with E-state index in [0.29, 0.717) is 19.1 Å². The first kappa shape index (κ1) is 15.4. The van der Waals surface area contributed by atoms with Gasteiger partial charge < -0.3 is 8.92 Å². The molecular weight excluding hydrogens is 272 g/mol. The van der Waals surface area contributed by atoms with Gasteiger partial charge in [0.15, 0.2) is 0 Å². The first-order valence-corrected chi connectivity index (χ1v) is 7.96. The molecule has 0 N–H and O–H groups in total. The number of carbonyl (C=O) groups is 1. The van der Waals surface area contributed by atoms with Crippen LogP contribution in [0.4, 0.5) is 0 Å². The molecule has 0 bridgehead atoms. The minimum atomic E-state index is -0.0331. The molecule has 1 aliphatic carbocycles. The third kappa shape index (κ3) is 4.53. The van der Waals surface area contributed by atoms with Gasteiger partial charge in [0.05, 0.1) is 19.1 Å². The van der Waals surface area contributed by atoms with E-state index in [4.69, 9.17) is 8.92 Å². The summed E-state index contributed by atoms with van der Waals surface area (Å²) < 4.78 is 10.8. The van der Waals surface area contributed by atoms with Crippen molar-refractivity contribution in [1.29, 1.82) is 0 Å². The molecule has 1 aromatic rings. The van der Waals surface area contributed by atoms with Gasteiger partial charge in [-0.25, -0.2) is 0 Å². The Kier molecular flexibility index (Phi) is 5.92. The second kappa shape index (κ2) is 7.70. The lowest BCUT2D eigenvalue weighted by Gasteiger charge is -2.32. The Morgan fingerprint density at radius 3 is 2.65 bits per heavy atom. The SMILES string of the molecule is CCCOC(=O)C1CC(COSc2ccc(C)cc2)C1. The largest absolute Gasteiger partial charge is 0.465 e. The molecule has 0 spiro atoms. The van der Waals surface area contributed by atoms with Crippen molar-refractivity contribution in [1.82, 2.24) is 0 Å². The maximum atomic E-state index is 11.6. The Balaban J connectivity index is 1.58. The topological polar surface area (TPSA) is 35.5 Å². The van der Waals surface area contributed by atoms with Gasteiger partial charge in [-0.15, -0.1) is 0 Å².